The van der Waals surface area contributed by atoms with Crippen molar-refractivity contribution in [1.82, 2.24) is 9.55 Å². The minimum Gasteiger partial charge on any atom is -0.481 e. The lowest BCUT2D eigenvalue weighted by atomic mass is 9.80. The van der Waals surface area contributed by atoms with Gasteiger partial charge in [0.05, 0.1) is 15.9 Å². The van der Waals surface area contributed by atoms with Crippen LogP contribution in [0.15, 0.2) is 78.7 Å². The molecule has 0 radical (unpaired) electrons. The third kappa shape index (κ3) is 4.50. The Bertz CT molecular complexity index is 1230. The number of fused-ring (bicyclic) bond motifs is 1. The second kappa shape index (κ2) is 8.62. The average molecular weight is 421 g/mol. The van der Waals surface area contributed by atoms with Crippen LogP contribution in [0.5, 0.6) is 0 Å². The third-order valence-corrected chi connectivity index (χ3v) is 4.87. The van der Waals surface area contributed by atoms with Crippen LogP contribution < -0.4 is 0 Å². The highest BCUT2D eigenvalue weighted by Gasteiger charge is 2.34. The van der Waals surface area contributed by atoms with Crippen LogP contribution in [0.3, 0.4) is 0 Å². The zero-order chi connectivity index (χ0) is 22.6. The van der Waals surface area contributed by atoms with Crippen LogP contribution in [0.4, 0.5) is 5.69 Å². The highest BCUT2D eigenvalue weighted by Crippen LogP contribution is 2.31. The van der Waals surface area contributed by atoms with Crippen molar-refractivity contribution in [3.05, 3.63) is 88.8 Å². The van der Waals surface area contributed by atoms with Crippen molar-refractivity contribution in [2.24, 2.45) is 5.41 Å². The molecule has 2 aromatic heterocycles. The molecule has 3 aromatic rings. The van der Waals surface area contributed by atoms with E-state index in [2.05, 4.69) is 4.98 Å². The summed E-state index contributed by atoms with van der Waals surface area (Å²) in [5.41, 5.74) is -0.0480. The molecule has 9 heteroatoms. The minimum atomic E-state index is -1.08. The predicted octanol–water partition coefficient (Wildman–Crippen LogP) is 3.98. The van der Waals surface area contributed by atoms with Gasteiger partial charge in [0, 0.05) is 24.0 Å². The van der Waals surface area contributed by atoms with E-state index in [1.165, 1.54) is 31.2 Å². The van der Waals surface area contributed by atoms with E-state index in [9.17, 15) is 19.7 Å². The molecule has 158 valence electrons. The molecule has 0 saturated carbocycles. The lowest BCUT2D eigenvalue weighted by molar-refractivity contribution is -0.384. The Labute approximate surface area is 176 Å². The molecular weight excluding hydrogens is 402 g/mol. The summed E-state index contributed by atoms with van der Waals surface area (Å²) in [5, 5.41) is 29.5. The highest BCUT2D eigenvalue weighted by molar-refractivity contribution is 5.90. The first kappa shape index (κ1) is 21.4. The van der Waals surface area contributed by atoms with Crippen molar-refractivity contribution in [2.45, 2.75) is 13.3 Å². The summed E-state index contributed by atoms with van der Waals surface area (Å²) in [6.07, 6.45) is 7.78. The molecule has 9 nitrogen and oxygen atoms in total. The standard InChI is InChI=1S/C13H9N3O2.C9H10O4/c17-16(18)12-6-3-8-14-13(12)15-9-7-10-4-1-2-5-11(10)15;1-9(8(12)13)4-2-3-6(5-9)7(10)11/h1-9H;2-4H,5H2,1H3,(H,10,11)(H,12,13). The van der Waals surface area contributed by atoms with Gasteiger partial charge in [-0.2, -0.15) is 0 Å². The van der Waals surface area contributed by atoms with Gasteiger partial charge in [-0.15, -0.1) is 0 Å². The maximum atomic E-state index is 11.0. The number of hydrogen-bond acceptors (Lipinski definition) is 5. The molecule has 0 spiro atoms. The molecule has 0 aliphatic heterocycles. The van der Waals surface area contributed by atoms with E-state index < -0.39 is 22.3 Å². The first-order chi connectivity index (χ1) is 14.7. The summed E-state index contributed by atoms with van der Waals surface area (Å²) in [4.78, 5) is 36.0. The van der Waals surface area contributed by atoms with Crippen LogP contribution in [-0.2, 0) is 9.59 Å². The molecule has 4 rings (SSSR count). The Hall–Kier alpha value is -4.27. The smallest absolute Gasteiger partial charge is 0.331 e. The Morgan fingerprint density at radius 2 is 1.90 bits per heavy atom. The molecule has 2 heterocycles. The number of nitrogens with zero attached hydrogens (tertiary/aromatic N) is 3. The van der Waals surface area contributed by atoms with Gasteiger partial charge in [0.1, 0.15) is 0 Å². The van der Waals surface area contributed by atoms with Gasteiger partial charge in [0.2, 0.25) is 5.82 Å². The Balaban J connectivity index is 0.000000187. The number of rotatable bonds is 4. The lowest BCUT2D eigenvalue weighted by Gasteiger charge is -2.23. The number of nitro groups is 1. The topological polar surface area (TPSA) is 136 Å². The Kier molecular flexibility index (Phi) is 5.96. The molecule has 0 amide bonds. The van der Waals surface area contributed by atoms with Crippen molar-refractivity contribution in [3.8, 4) is 5.82 Å². The maximum absolute atomic E-state index is 11.0. The van der Waals surface area contributed by atoms with E-state index in [4.69, 9.17) is 10.2 Å². The number of carbonyl (C=O) groups is 2. The molecule has 0 bridgehead atoms. The molecule has 31 heavy (non-hydrogen) atoms. The predicted molar refractivity (Wildman–Crippen MR) is 113 cm³/mol. The van der Waals surface area contributed by atoms with E-state index >= 15 is 0 Å². The van der Waals surface area contributed by atoms with Gasteiger partial charge in [-0.3, -0.25) is 19.5 Å². The summed E-state index contributed by atoms with van der Waals surface area (Å²) in [5.74, 6) is -1.73. The number of allylic oxidation sites excluding steroid dienone is 2. The van der Waals surface area contributed by atoms with Crippen molar-refractivity contribution >= 4 is 28.5 Å². The van der Waals surface area contributed by atoms with Gasteiger partial charge in [-0.05, 0) is 36.9 Å². The third-order valence-electron chi connectivity index (χ3n) is 4.87. The first-order valence-corrected chi connectivity index (χ1v) is 9.24. The number of carboxylic acid groups (broad SMARTS) is 2. The number of aliphatic carboxylic acids is 2. The van der Waals surface area contributed by atoms with E-state index in [0.717, 1.165) is 10.9 Å². The van der Waals surface area contributed by atoms with Gasteiger partial charge in [-0.25, -0.2) is 9.78 Å². The summed E-state index contributed by atoms with van der Waals surface area (Å²) in [6.45, 7) is 1.50. The lowest BCUT2D eigenvalue weighted by Crippen LogP contribution is -2.28. The van der Waals surface area contributed by atoms with Crippen molar-refractivity contribution in [2.75, 3.05) is 0 Å². The molecule has 1 aromatic carbocycles. The summed E-state index contributed by atoms with van der Waals surface area (Å²) in [6, 6.07) is 12.6. The molecule has 1 unspecified atom stereocenters. The normalized spacial score (nSPS) is 17.4. The number of pyridine rings is 1. The molecule has 1 aliphatic rings. The molecule has 2 N–H and O–H groups in total. The summed E-state index contributed by atoms with van der Waals surface area (Å²) in [7, 11) is 0. The van der Waals surface area contributed by atoms with E-state index in [1.54, 1.807) is 23.0 Å². The number of aromatic nitrogens is 2. The SMILES string of the molecule is CC1(C(=O)O)C=CC=C(C(=O)O)C1.O=[N+]([O-])c1cccnc1-n1ccc2ccccc21. The number of benzene rings is 1. The number of carboxylic acids is 2. The molecule has 0 fully saturated rings. The quantitative estimate of drug-likeness (QED) is 0.480. The fourth-order valence-corrected chi connectivity index (χ4v) is 3.17. The Morgan fingerprint density at radius 1 is 1.16 bits per heavy atom. The molecular formula is C22H19N3O6. The maximum Gasteiger partial charge on any atom is 0.331 e. The monoisotopic (exact) mass is 421 g/mol. The highest BCUT2D eigenvalue weighted by atomic mass is 16.6. The van der Waals surface area contributed by atoms with E-state index in [1.807, 2.05) is 30.3 Å². The van der Waals surface area contributed by atoms with Gasteiger partial charge in [-0.1, -0.05) is 36.4 Å². The first-order valence-electron chi connectivity index (χ1n) is 9.24. The minimum absolute atomic E-state index is 0.00106. The zero-order valence-corrected chi connectivity index (χ0v) is 16.5. The van der Waals surface area contributed by atoms with Crippen LogP contribution in [0, 0.1) is 15.5 Å². The largest absolute Gasteiger partial charge is 0.481 e. The van der Waals surface area contributed by atoms with Gasteiger partial charge in [0.25, 0.3) is 0 Å². The van der Waals surface area contributed by atoms with Gasteiger partial charge >= 0.3 is 17.6 Å². The second-order valence-electron chi connectivity index (χ2n) is 7.10. The molecule has 1 atom stereocenters. The van der Waals surface area contributed by atoms with Crippen molar-refractivity contribution in [3.63, 3.8) is 0 Å². The zero-order valence-electron chi connectivity index (χ0n) is 16.5. The fraction of sp³-hybridized carbons (Fsp3) is 0.136. The van der Waals surface area contributed by atoms with Gasteiger partial charge < -0.3 is 10.2 Å². The number of hydrogen-bond donors (Lipinski definition) is 2. The number of para-hydroxylation sites is 1. The van der Waals surface area contributed by atoms with Crippen LogP contribution in [0.1, 0.15) is 13.3 Å². The molecule has 0 saturated heterocycles. The van der Waals surface area contributed by atoms with Crippen LogP contribution >= 0.6 is 0 Å². The van der Waals surface area contributed by atoms with Crippen molar-refractivity contribution < 1.29 is 24.7 Å². The van der Waals surface area contributed by atoms with Crippen LogP contribution in [0.25, 0.3) is 16.7 Å². The fourth-order valence-electron chi connectivity index (χ4n) is 3.17. The molecule has 1 aliphatic carbocycles. The van der Waals surface area contributed by atoms with Crippen LogP contribution in [-0.4, -0.2) is 36.6 Å². The summed E-state index contributed by atoms with van der Waals surface area (Å²) < 4.78 is 1.73. The van der Waals surface area contributed by atoms with Crippen LogP contribution in [0.2, 0.25) is 0 Å². The van der Waals surface area contributed by atoms with E-state index in [0.29, 0.717) is 5.82 Å². The van der Waals surface area contributed by atoms with Gasteiger partial charge in [0.15, 0.2) is 0 Å². The summed E-state index contributed by atoms with van der Waals surface area (Å²) >= 11 is 0. The second-order valence-corrected chi connectivity index (χ2v) is 7.10. The Morgan fingerprint density at radius 3 is 2.58 bits per heavy atom. The average Bonchev–Trinajstić information content (AvgIpc) is 3.18. The van der Waals surface area contributed by atoms with Crippen molar-refractivity contribution in [1.29, 1.82) is 0 Å². The van der Waals surface area contributed by atoms with E-state index in [-0.39, 0.29) is 17.7 Å².